The number of amides is 1. The van der Waals surface area contributed by atoms with Crippen LogP contribution >= 0.6 is 0 Å². The molecule has 1 heterocycles. The van der Waals surface area contributed by atoms with Crippen LogP contribution in [0.2, 0.25) is 0 Å². The summed E-state index contributed by atoms with van der Waals surface area (Å²) in [4.78, 5) is 14.5. The normalized spacial score (nSPS) is 16.9. The SMILES string of the molecule is CCOc1cc(N2CCOCC2)c(OCC)cc1NC(=O)COCC1CC1. The van der Waals surface area contributed by atoms with E-state index in [-0.39, 0.29) is 12.5 Å². The first-order chi connectivity index (χ1) is 13.2. The highest BCUT2D eigenvalue weighted by Crippen LogP contribution is 2.39. The Balaban J connectivity index is 1.75. The summed E-state index contributed by atoms with van der Waals surface area (Å²) in [5.41, 5.74) is 1.57. The summed E-state index contributed by atoms with van der Waals surface area (Å²) in [5, 5.41) is 2.91. The van der Waals surface area contributed by atoms with Gasteiger partial charge in [-0.1, -0.05) is 0 Å². The molecule has 0 bridgehead atoms. The Morgan fingerprint density at radius 1 is 1.15 bits per heavy atom. The van der Waals surface area contributed by atoms with Gasteiger partial charge in [-0.15, -0.1) is 0 Å². The minimum Gasteiger partial charge on any atom is -0.492 e. The molecule has 1 aromatic carbocycles. The van der Waals surface area contributed by atoms with Crippen molar-refractivity contribution in [2.45, 2.75) is 26.7 Å². The molecule has 1 aliphatic carbocycles. The monoisotopic (exact) mass is 378 g/mol. The molecule has 0 aromatic heterocycles. The molecule has 1 aliphatic heterocycles. The first-order valence-electron chi connectivity index (χ1n) is 9.85. The van der Waals surface area contributed by atoms with Gasteiger partial charge in [0.2, 0.25) is 5.91 Å². The summed E-state index contributed by atoms with van der Waals surface area (Å²) < 4.78 is 22.6. The van der Waals surface area contributed by atoms with Crippen molar-refractivity contribution in [1.29, 1.82) is 0 Å². The fourth-order valence-electron chi connectivity index (χ4n) is 3.03. The van der Waals surface area contributed by atoms with Crippen molar-refractivity contribution in [1.82, 2.24) is 0 Å². The van der Waals surface area contributed by atoms with Crippen LogP contribution in [0.1, 0.15) is 26.7 Å². The predicted octanol–water partition coefficient (Wildman–Crippen LogP) is 2.69. The summed E-state index contributed by atoms with van der Waals surface area (Å²) in [6, 6.07) is 3.79. The molecular weight excluding hydrogens is 348 g/mol. The second-order valence-corrected chi connectivity index (χ2v) is 6.79. The number of nitrogens with one attached hydrogen (secondary N) is 1. The average Bonchev–Trinajstić information content (AvgIpc) is 3.49. The smallest absolute Gasteiger partial charge is 0.250 e. The maximum Gasteiger partial charge on any atom is 0.250 e. The lowest BCUT2D eigenvalue weighted by Crippen LogP contribution is -2.36. The predicted molar refractivity (Wildman–Crippen MR) is 104 cm³/mol. The Hall–Kier alpha value is -1.99. The van der Waals surface area contributed by atoms with Crippen LogP contribution in [0.25, 0.3) is 0 Å². The van der Waals surface area contributed by atoms with Crippen LogP contribution in [-0.4, -0.2) is 58.6 Å². The molecule has 0 unspecified atom stereocenters. The number of morpholine rings is 1. The first-order valence-corrected chi connectivity index (χ1v) is 9.85. The van der Waals surface area contributed by atoms with Crippen LogP contribution in [0, 0.1) is 5.92 Å². The molecule has 27 heavy (non-hydrogen) atoms. The van der Waals surface area contributed by atoms with Crippen LogP contribution in [0.15, 0.2) is 12.1 Å². The fraction of sp³-hybridized carbons (Fsp3) is 0.650. The molecule has 2 fully saturated rings. The third-order valence-electron chi connectivity index (χ3n) is 4.57. The summed E-state index contributed by atoms with van der Waals surface area (Å²) >= 11 is 0. The lowest BCUT2D eigenvalue weighted by Gasteiger charge is -2.31. The molecular formula is C20H30N2O5. The number of benzene rings is 1. The zero-order valence-corrected chi connectivity index (χ0v) is 16.3. The molecule has 1 aromatic rings. The van der Waals surface area contributed by atoms with Crippen molar-refractivity contribution >= 4 is 17.3 Å². The van der Waals surface area contributed by atoms with Crippen molar-refractivity contribution in [3.8, 4) is 11.5 Å². The van der Waals surface area contributed by atoms with Gasteiger partial charge in [0.15, 0.2) is 0 Å². The Labute approximate surface area is 160 Å². The topological polar surface area (TPSA) is 69.3 Å². The van der Waals surface area contributed by atoms with Crippen molar-refractivity contribution < 1.29 is 23.7 Å². The third-order valence-corrected chi connectivity index (χ3v) is 4.57. The van der Waals surface area contributed by atoms with E-state index in [1.165, 1.54) is 12.8 Å². The maximum atomic E-state index is 12.3. The number of rotatable bonds is 10. The second-order valence-electron chi connectivity index (χ2n) is 6.79. The molecule has 0 atom stereocenters. The molecule has 150 valence electrons. The van der Waals surface area contributed by atoms with Gasteiger partial charge in [0.05, 0.1) is 44.4 Å². The summed E-state index contributed by atoms with van der Waals surface area (Å²) in [7, 11) is 0. The van der Waals surface area contributed by atoms with Crippen LogP contribution in [0.5, 0.6) is 11.5 Å². The van der Waals surface area contributed by atoms with Crippen LogP contribution < -0.4 is 19.7 Å². The molecule has 0 radical (unpaired) electrons. The van der Waals surface area contributed by atoms with Crippen molar-refractivity contribution in [3.05, 3.63) is 12.1 Å². The summed E-state index contributed by atoms with van der Waals surface area (Å²) in [6.45, 7) is 8.61. The van der Waals surface area contributed by atoms with E-state index in [9.17, 15) is 4.79 Å². The average molecular weight is 378 g/mol. The molecule has 0 spiro atoms. The van der Waals surface area contributed by atoms with Crippen molar-refractivity contribution in [3.63, 3.8) is 0 Å². The van der Waals surface area contributed by atoms with Gasteiger partial charge in [-0.2, -0.15) is 0 Å². The van der Waals surface area contributed by atoms with E-state index in [1.807, 2.05) is 26.0 Å². The van der Waals surface area contributed by atoms with Crippen LogP contribution in [-0.2, 0) is 14.3 Å². The summed E-state index contributed by atoms with van der Waals surface area (Å²) in [5.74, 6) is 1.82. The Morgan fingerprint density at radius 3 is 2.52 bits per heavy atom. The largest absolute Gasteiger partial charge is 0.492 e. The zero-order valence-electron chi connectivity index (χ0n) is 16.3. The van der Waals surface area contributed by atoms with Crippen LogP contribution in [0.3, 0.4) is 0 Å². The van der Waals surface area contributed by atoms with E-state index in [0.29, 0.717) is 50.4 Å². The number of anilines is 2. The van der Waals surface area contributed by atoms with Gasteiger partial charge in [-0.3, -0.25) is 4.79 Å². The van der Waals surface area contributed by atoms with E-state index in [1.54, 1.807) is 0 Å². The van der Waals surface area contributed by atoms with Crippen LogP contribution in [0.4, 0.5) is 11.4 Å². The number of hydrogen-bond acceptors (Lipinski definition) is 6. The van der Waals surface area contributed by atoms with Gasteiger partial charge >= 0.3 is 0 Å². The molecule has 1 amide bonds. The van der Waals surface area contributed by atoms with E-state index in [2.05, 4.69) is 10.2 Å². The molecule has 1 saturated heterocycles. The lowest BCUT2D eigenvalue weighted by atomic mass is 10.2. The van der Waals surface area contributed by atoms with E-state index < -0.39 is 0 Å². The van der Waals surface area contributed by atoms with Gasteiger partial charge in [0, 0.05) is 25.2 Å². The number of carbonyl (C=O) groups is 1. The molecule has 7 heteroatoms. The molecule has 3 rings (SSSR count). The molecule has 2 aliphatic rings. The third kappa shape index (κ3) is 5.74. The maximum absolute atomic E-state index is 12.3. The van der Waals surface area contributed by atoms with Crippen molar-refractivity contribution in [2.24, 2.45) is 5.92 Å². The van der Waals surface area contributed by atoms with E-state index in [4.69, 9.17) is 18.9 Å². The quantitative estimate of drug-likeness (QED) is 0.675. The minimum atomic E-state index is -0.182. The van der Waals surface area contributed by atoms with Gasteiger partial charge in [-0.25, -0.2) is 0 Å². The number of carbonyl (C=O) groups excluding carboxylic acids is 1. The minimum absolute atomic E-state index is 0.0528. The van der Waals surface area contributed by atoms with Gasteiger partial charge in [0.1, 0.15) is 18.1 Å². The lowest BCUT2D eigenvalue weighted by molar-refractivity contribution is -0.120. The molecule has 7 nitrogen and oxygen atoms in total. The highest BCUT2D eigenvalue weighted by molar-refractivity contribution is 5.94. The first kappa shape index (κ1) is 19.8. The Kier molecular flexibility index (Phi) is 7.18. The standard InChI is InChI=1S/C20H30N2O5/c1-3-26-18-12-17(22-7-9-24-10-8-22)19(27-4-2)11-16(18)21-20(23)14-25-13-15-5-6-15/h11-12,15H,3-10,13-14H2,1-2H3,(H,21,23). The number of ether oxygens (including phenoxy) is 4. The summed E-state index contributed by atoms with van der Waals surface area (Å²) in [6.07, 6.45) is 2.41. The van der Waals surface area contributed by atoms with Gasteiger partial charge in [-0.05, 0) is 32.6 Å². The van der Waals surface area contributed by atoms with Gasteiger partial charge in [0.25, 0.3) is 0 Å². The molecule has 1 N–H and O–H groups in total. The highest BCUT2D eigenvalue weighted by atomic mass is 16.5. The number of nitrogens with zero attached hydrogens (tertiary/aromatic N) is 1. The van der Waals surface area contributed by atoms with E-state index in [0.717, 1.165) is 24.5 Å². The van der Waals surface area contributed by atoms with Crippen molar-refractivity contribution in [2.75, 3.05) is 62.9 Å². The Bertz CT molecular complexity index is 627. The van der Waals surface area contributed by atoms with E-state index >= 15 is 0 Å². The fourth-order valence-corrected chi connectivity index (χ4v) is 3.03. The second kappa shape index (κ2) is 9.80. The zero-order chi connectivity index (χ0) is 19.1. The molecule has 1 saturated carbocycles. The van der Waals surface area contributed by atoms with Gasteiger partial charge < -0.3 is 29.2 Å². The highest BCUT2D eigenvalue weighted by Gasteiger charge is 2.22. The number of hydrogen-bond donors (Lipinski definition) is 1. The Morgan fingerprint density at radius 2 is 1.85 bits per heavy atom.